The van der Waals surface area contributed by atoms with Gasteiger partial charge in [-0.25, -0.2) is 13.8 Å². The second-order valence-electron chi connectivity index (χ2n) is 8.09. The van der Waals surface area contributed by atoms with E-state index in [1.165, 1.54) is 59.4 Å². The maximum atomic E-state index is 14.6. The molecule has 1 saturated carbocycles. The molecular formula is C23H24F2N4S2. The molecule has 2 aromatic carbocycles. The van der Waals surface area contributed by atoms with Crippen molar-refractivity contribution in [3.8, 4) is 0 Å². The van der Waals surface area contributed by atoms with Gasteiger partial charge >= 0.3 is 0 Å². The number of halogens is 2. The van der Waals surface area contributed by atoms with E-state index < -0.39 is 11.6 Å². The highest BCUT2D eigenvalue weighted by Crippen LogP contribution is 2.43. The van der Waals surface area contributed by atoms with Gasteiger partial charge in [-0.1, -0.05) is 18.2 Å². The summed E-state index contributed by atoms with van der Waals surface area (Å²) in [5.74, 6) is 0.0256. The average Bonchev–Trinajstić information content (AvgIpc) is 3.44. The summed E-state index contributed by atoms with van der Waals surface area (Å²) in [4.78, 5) is 6.44. The zero-order chi connectivity index (χ0) is 21.2. The Bertz CT molecular complexity index is 1030. The highest BCUT2D eigenvalue weighted by atomic mass is 32.2. The van der Waals surface area contributed by atoms with Crippen molar-refractivity contribution in [3.63, 3.8) is 0 Å². The van der Waals surface area contributed by atoms with Crippen LogP contribution in [0.4, 0.5) is 20.3 Å². The van der Waals surface area contributed by atoms with E-state index in [1.807, 2.05) is 0 Å². The van der Waals surface area contributed by atoms with Gasteiger partial charge in [-0.05, 0) is 79.0 Å². The number of rotatable bonds is 9. The third-order valence-electron chi connectivity index (χ3n) is 5.83. The fourth-order valence-corrected chi connectivity index (χ4v) is 5.08. The van der Waals surface area contributed by atoms with E-state index in [-0.39, 0.29) is 4.90 Å². The third-order valence-corrected chi connectivity index (χ3v) is 7.32. The van der Waals surface area contributed by atoms with E-state index >= 15 is 0 Å². The second kappa shape index (κ2) is 9.14. The molecule has 1 aromatic heterocycles. The first-order valence-electron chi connectivity index (χ1n) is 10.5. The summed E-state index contributed by atoms with van der Waals surface area (Å²) in [6, 6.07) is 9.27. The van der Waals surface area contributed by atoms with Crippen LogP contribution in [-0.2, 0) is 13.1 Å². The Morgan fingerprint density at radius 1 is 1.16 bits per heavy atom. The summed E-state index contributed by atoms with van der Waals surface area (Å²) in [6.07, 6.45) is 3.71. The molecule has 0 radical (unpaired) electrons. The number of nitrogens with one attached hydrogen (secondary N) is 2. The lowest BCUT2D eigenvalue weighted by atomic mass is 9.96. The summed E-state index contributed by atoms with van der Waals surface area (Å²) in [7, 11) is 0. The van der Waals surface area contributed by atoms with Crippen LogP contribution >= 0.6 is 23.3 Å². The van der Waals surface area contributed by atoms with Gasteiger partial charge in [0.2, 0.25) is 0 Å². The van der Waals surface area contributed by atoms with E-state index in [0.29, 0.717) is 24.0 Å². The lowest BCUT2D eigenvalue weighted by molar-refractivity contribution is 0.172. The van der Waals surface area contributed by atoms with Gasteiger partial charge in [-0.3, -0.25) is 4.90 Å². The van der Waals surface area contributed by atoms with Crippen LogP contribution in [0.5, 0.6) is 0 Å². The molecule has 5 rings (SSSR count). The molecule has 8 heteroatoms. The van der Waals surface area contributed by atoms with Crippen molar-refractivity contribution in [1.29, 1.82) is 0 Å². The van der Waals surface area contributed by atoms with E-state index in [4.69, 9.17) is 0 Å². The highest BCUT2D eigenvalue weighted by molar-refractivity contribution is 8.00. The highest BCUT2D eigenvalue weighted by Gasteiger charge is 2.27. The SMILES string of the molecule is Fc1cc(NCc2c(CN3CCC3)cccc2C2CC2)cc(F)c1SNc1cscn1. The van der Waals surface area contributed by atoms with Crippen LogP contribution in [0.25, 0.3) is 0 Å². The topological polar surface area (TPSA) is 40.2 Å². The normalized spacial score (nSPS) is 16.2. The summed E-state index contributed by atoms with van der Waals surface area (Å²) in [6.45, 7) is 3.80. The van der Waals surface area contributed by atoms with Gasteiger partial charge in [-0.15, -0.1) is 11.3 Å². The van der Waals surface area contributed by atoms with E-state index in [1.54, 1.807) is 10.9 Å². The Morgan fingerprint density at radius 3 is 2.61 bits per heavy atom. The molecule has 2 N–H and O–H groups in total. The molecule has 3 aromatic rings. The van der Waals surface area contributed by atoms with E-state index in [9.17, 15) is 8.78 Å². The second-order valence-corrected chi connectivity index (χ2v) is 9.62. The Kier molecular flexibility index (Phi) is 6.11. The molecule has 0 atom stereocenters. The van der Waals surface area contributed by atoms with Crippen molar-refractivity contribution < 1.29 is 8.78 Å². The number of thiazole rings is 1. The standard InChI is InChI=1S/C23H24F2N4S2/c24-20-9-17(10-21(25)23(20)31-28-22-13-30-14-27-22)26-11-19-16(12-29-7-2-8-29)3-1-4-18(19)15-5-6-15/h1,3-4,9-10,13-15,26,28H,2,5-8,11-12H2. The number of benzene rings is 2. The lowest BCUT2D eigenvalue weighted by Gasteiger charge is -2.32. The van der Waals surface area contributed by atoms with E-state index in [2.05, 4.69) is 38.1 Å². The largest absolute Gasteiger partial charge is 0.381 e. The fourth-order valence-electron chi connectivity index (χ4n) is 3.89. The summed E-state index contributed by atoms with van der Waals surface area (Å²) < 4.78 is 32.1. The number of nitrogens with zero attached hydrogens (tertiary/aromatic N) is 2. The van der Waals surface area contributed by atoms with Crippen molar-refractivity contribution >= 4 is 34.8 Å². The summed E-state index contributed by atoms with van der Waals surface area (Å²) in [5.41, 5.74) is 6.09. The van der Waals surface area contributed by atoms with Gasteiger partial charge < -0.3 is 10.0 Å². The fraction of sp³-hybridized carbons (Fsp3) is 0.348. The monoisotopic (exact) mass is 458 g/mol. The molecule has 162 valence electrons. The molecule has 31 heavy (non-hydrogen) atoms. The predicted molar refractivity (Wildman–Crippen MR) is 124 cm³/mol. The number of aromatic nitrogens is 1. The molecule has 1 saturated heterocycles. The first kappa shape index (κ1) is 20.7. The molecule has 1 aliphatic heterocycles. The maximum absolute atomic E-state index is 14.6. The number of hydrogen-bond acceptors (Lipinski definition) is 6. The Morgan fingerprint density at radius 2 is 1.97 bits per heavy atom. The molecule has 2 heterocycles. The van der Waals surface area contributed by atoms with Crippen molar-refractivity contribution in [2.24, 2.45) is 0 Å². The summed E-state index contributed by atoms with van der Waals surface area (Å²) >= 11 is 2.32. The van der Waals surface area contributed by atoms with Gasteiger partial charge in [0.05, 0.1) is 5.51 Å². The minimum absolute atomic E-state index is 0.0598. The van der Waals surface area contributed by atoms with Crippen molar-refractivity contribution in [2.45, 2.75) is 43.2 Å². The molecule has 2 aliphatic rings. The van der Waals surface area contributed by atoms with Crippen LogP contribution in [0.3, 0.4) is 0 Å². The van der Waals surface area contributed by atoms with Crippen LogP contribution in [0.1, 0.15) is 41.9 Å². The molecule has 0 bridgehead atoms. The molecule has 2 fully saturated rings. The van der Waals surface area contributed by atoms with Crippen LogP contribution in [-0.4, -0.2) is 23.0 Å². The van der Waals surface area contributed by atoms with E-state index in [0.717, 1.165) is 31.6 Å². The van der Waals surface area contributed by atoms with Crippen LogP contribution in [0.2, 0.25) is 0 Å². The number of likely N-dealkylation sites (tertiary alicyclic amines) is 1. The first-order valence-corrected chi connectivity index (χ1v) is 12.3. The molecule has 1 aliphatic carbocycles. The first-order chi connectivity index (χ1) is 15.2. The molecule has 0 amide bonds. The molecule has 0 unspecified atom stereocenters. The van der Waals surface area contributed by atoms with Crippen molar-refractivity contribution in [3.05, 3.63) is 69.5 Å². The van der Waals surface area contributed by atoms with Gasteiger partial charge in [-0.2, -0.15) is 0 Å². The van der Waals surface area contributed by atoms with Crippen LogP contribution in [0.15, 0.2) is 46.1 Å². The van der Waals surface area contributed by atoms with Gasteiger partial charge in [0.1, 0.15) is 22.3 Å². The zero-order valence-electron chi connectivity index (χ0n) is 17.0. The predicted octanol–water partition coefficient (Wildman–Crippen LogP) is 6.24. The molecule has 0 spiro atoms. The maximum Gasteiger partial charge on any atom is 0.147 e. The smallest absolute Gasteiger partial charge is 0.147 e. The molecular weight excluding hydrogens is 434 g/mol. The minimum Gasteiger partial charge on any atom is -0.381 e. The zero-order valence-corrected chi connectivity index (χ0v) is 18.7. The lowest BCUT2D eigenvalue weighted by Crippen LogP contribution is -2.36. The van der Waals surface area contributed by atoms with Crippen LogP contribution < -0.4 is 10.0 Å². The molecule has 4 nitrogen and oxygen atoms in total. The Labute approximate surface area is 189 Å². The van der Waals surface area contributed by atoms with Crippen LogP contribution in [0, 0.1) is 11.6 Å². The quantitative estimate of drug-likeness (QED) is 0.372. The third kappa shape index (κ3) is 4.86. The van der Waals surface area contributed by atoms with Gasteiger partial charge in [0, 0.05) is 24.2 Å². The Hall–Kier alpha value is -2.16. The minimum atomic E-state index is -0.591. The van der Waals surface area contributed by atoms with Crippen molar-refractivity contribution in [2.75, 3.05) is 23.1 Å². The Balaban J connectivity index is 1.31. The number of hydrogen-bond donors (Lipinski definition) is 2. The summed E-state index contributed by atoms with van der Waals surface area (Å²) in [5, 5.41) is 5.06. The van der Waals surface area contributed by atoms with Gasteiger partial charge in [0.25, 0.3) is 0 Å². The van der Waals surface area contributed by atoms with Crippen molar-refractivity contribution in [1.82, 2.24) is 9.88 Å². The average molecular weight is 459 g/mol. The van der Waals surface area contributed by atoms with Gasteiger partial charge in [0.15, 0.2) is 0 Å². The number of anilines is 2.